The molecule has 2 aromatic rings. The fourth-order valence-corrected chi connectivity index (χ4v) is 2.45. The molecule has 0 aliphatic carbocycles. The van der Waals surface area contributed by atoms with Gasteiger partial charge < -0.3 is 14.0 Å². The van der Waals surface area contributed by atoms with E-state index in [2.05, 4.69) is 5.10 Å². The van der Waals surface area contributed by atoms with Crippen molar-refractivity contribution in [2.45, 2.75) is 19.8 Å². The summed E-state index contributed by atoms with van der Waals surface area (Å²) in [4.78, 5) is 2.00. The van der Waals surface area contributed by atoms with E-state index >= 15 is 0 Å². The van der Waals surface area contributed by atoms with Gasteiger partial charge in [-0.15, -0.1) is 0 Å². The van der Waals surface area contributed by atoms with Crippen LogP contribution < -0.4 is 4.74 Å². The van der Waals surface area contributed by atoms with Crippen LogP contribution in [0.15, 0.2) is 24.5 Å². The lowest BCUT2D eigenvalue weighted by Crippen LogP contribution is -2.22. The van der Waals surface area contributed by atoms with Crippen LogP contribution in [0.4, 0.5) is 4.39 Å². The number of nitrogens with zero attached hydrogens (tertiary/aromatic N) is 4. The molecule has 0 aliphatic rings. The Morgan fingerprint density at radius 2 is 2.13 bits per heavy atom. The second kappa shape index (κ2) is 8.19. The van der Waals surface area contributed by atoms with E-state index in [4.69, 9.17) is 21.7 Å². The summed E-state index contributed by atoms with van der Waals surface area (Å²) in [6, 6.07) is 4.95. The lowest BCUT2D eigenvalue weighted by molar-refractivity contribution is 0.186. The molecule has 2 rings (SSSR count). The van der Waals surface area contributed by atoms with Crippen molar-refractivity contribution in [1.82, 2.24) is 19.2 Å². The summed E-state index contributed by atoms with van der Waals surface area (Å²) in [5, 5.41) is 4.28. The Balaban J connectivity index is 1.99. The van der Waals surface area contributed by atoms with Gasteiger partial charge in [0.1, 0.15) is 6.33 Å². The van der Waals surface area contributed by atoms with Crippen molar-refractivity contribution in [3.05, 3.63) is 40.7 Å². The second-order valence-electron chi connectivity index (χ2n) is 5.22. The zero-order chi connectivity index (χ0) is 16.8. The molecule has 0 radical (unpaired) electrons. The maximum absolute atomic E-state index is 13.7. The minimum absolute atomic E-state index is 0.246. The van der Waals surface area contributed by atoms with E-state index in [1.807, 2.05) is 22.6 Å². The first kappa shape index (κ1) is 17.6. The Hall–Kier alpha value is -1.77. The zero-order valence-electron chi connectivity index (χ0n) is 13.5. The molecule has 0 aliphatic heterocycles. The molecule has 0 fully saturated rings. The molecule has 0 saturated carbocycles. The van der Waals surface area contributed by atoms with Crippen LogP contribution in [0, 0.1) is 10.6 Å². The molecule has 1 aromatic carbocycles. The molecular formula is C15H21FN4O2S. The van der Waals surface area contributed by atoms with E-state index in [1.165, 1.54) is 13.2 Å². The van der Waals surface area contributed by atoms with Crippen molar-refractivity contribution in [2.24, 2.45) is 0 Å². The van der Waals surface area contributed by atoms with E-state index in [-0.39, 0.29) is 11.6 Å². The highest BCUT2D eigenvalue weighted by Crippen LogP contribution is 2.18. The number of hydrogen-bond acceptors (Lipinski definition) is 5. The van der Waals surface area contributed by atoms with Gasteiger partial charge in [-0.25, -0.2) is 9.07 Å². The fourth-order valence-electron chi connectivity index (χ4n) is 2.21. The lowest BCUT2D eigenvalue weighted by atomic mass is 10.2. The van der Waals surface area contributed by atoms with Gasteiger partial charge in [-0.2, -0.15) is 5.10 Å². The maximum atomic E-state index is 13.7. The first-order valence-corrected chi connectivity index (χ1v) is 7.58. The average Bonchev–Trinajstić information content (AvgIpc) is 2.86. The summed E-state index contributed by atoms with van der Waals surface area (Å²) >= 11 is 5.38. The third-order valence-electron chi connectivity index (χ3n) is 3.38. The predicted molar refractivity (Wildman–Crippen MR) is 87.3 cm³/mol. The summed E-state index contributed by atoms with van der Waals surface area (Å²) in [5.74, 6) is -0.116. The summed E-state index contributed by atoms with van der Waals surface area (Å²) in [7, 11) is 5.03. The average molecular weight is 340 g/mol. The molecule has 8 heteroatoms. The van der Waals surface area contributed by atoms with E-state index in [1.54, 1.807) is 24.2 Å². The van der Waals surface area contributed by atoms with Gasteiger partial charge in [-0.05, 0) is 37.0 Å². The van der Waals surface area contributed by atoms with Gasteiger partial charge >= 0.3 is 0 Å². The van der Waals surface area contributed by atoms with Crippen molar-refractivity contribution in [1.29, 1.82) is 0 Å². The van der Waals surface area contributed by atoms with Crippen molar-refractivity contribution in [2.75, 3.05) is 27.9 Å². The minimum Gasteiger partial charge on any atom is -0.494 e. The Morgan fingerprint density at radius 1 is 1.35 bits per heavy atom. The topological polar surface area (TPSA) is 44.5 Å². The lowest BCUT2D eigenvalue weighted by Gasteiger charge is -2.17. The zero-order valence-corrected chi connectivity index (χ0v) is 14.3. The first-order chi connectivity index (χ1) is 11.0. The molecule has 0 unspecified atom stereocenters. The maximum Gasteiger partial charge on any atom is 0.198 e. The van der Waals surface area contributed by atoms with Crippen LogP contribution in [0.1, 0.15) is 5.56 Å². The molecule has 0 atom stereocenters. The smallest absolute Gasteiger partial charge is 0.198 e. The van der Waals surface area contributed by atoms with Crippen LogP contribution >= 0.6 is 12.2 Å². The third kappa shape index (κ3) is 4.60. The standard InChI is InChI=1S/C15H21FN4O2S/c1-18(9-12-4-5-14(22-3)13(16)8-12)11-20-15(23)19(10-17-20)6-7-21-2/h4-5,8,10H,6-7,9,11H2,1-3H3. The van der Waals surface area contributed by atoms with Crippen LogP contribution in [0.5, 0.6) is 5.75 Å². The summed E-state index contributed by atoms with van der Waals surface area (Å²) in [5.41, 5.74) is 0.858. The monoisotopic (exact) mass is 340 g/mol. The molecule has 0 amide bonds. The van der Waals surface area contributed by atoms with E-state index < -0.39 is 0 Å². The molecule has 0 spiro atoms. The van der Waals surface area contributed by atoms with Gasteiger partial charge in [0.2, 0.25) is 0 Å². The van der Waals surface area contributed by atoms with Gasteiger partial charge in [0.25, 0.3) is 0 Å². The van der Waals surface area contributed by atoms with Crippen LogP contribution in [0.3, 0.4) is 0 Å². The Kier molecular flexibility index (Phi) is 6.26. The molecule has 1 heterocycles. The molecule has 126 valence electrons. The molecule has 0 saturated heterocycles. The second-order valence-corrected chi connectivity index (χ2v) is 5.59. The van der Waals surface area contributed by atoms with Gasteiger partial charge in [0, 0.05) is 20.2 Å². The largest absolute Gasteiger partial charge is 0.494 e. The van der Waals surface area contributed by atoms with Gasteiger partial charge in [-0.3, -0.25) is 4.90 Å². The highest BCUT2D eigenvalue weighted by Gasteiger charge is 2.08. The number of aromatic nitrogens is 3. The van der Waals surface area contributed by atoms with Crippen molar-refractivity contribution in [3.63, 3.8) is 0 Å². The first-order valence-electron chi connectivity index (χ1n) is 7.17. The molecule has 0 bridgehead atoms. The van der Waals surface area contributed by atoms with Gasteiger partial charge in [0.05, 0.1) is 20.4 Å². The minimum atomic E-state index is -0.362. The van der Waals surface area contributed by atoms with Gasteiger partial charge in [-0.1, -0.05) is 6.07 Å². The highest BCUT2D eigenvalue weighted by atomic mass is 32.1. The molecule has 1 aromatic heterocycles. The Labute approximate surface area is 140 Å². The van der Waals surface area contributed by atoms with Crippen molar-refractivity contribution in [3.8, 4) is 5.75 Å². The number of methoxy groups -OCH3 is 2. The number of rotatable bonds is 8. The Morgan fingerprint density at radius 3 is 2.78 bits per heavy atom. The molecular weight excluding hydrogens is 319 g/mol. The third-order valence-corrected chi connectivity index (χ3v) is 3.82. The van der Waals surface area contributed by atoms with Crippen LogP contribution in [0.25, 0.3) is 0 Å². The number of halogens is 1. The van der Waals surface area contributed by atoms with E-state index in [9.17, 15) is 4.39 Å². The van der Waals surface area contributed by atoms with Crippen LogP contribution in [0.2, 0.25) is 0 Å². The van der Waals surface area contributed by atoms with Crippen molar-refractivity contribution < 1.29 is 13.9 Å². The molecule has 0 N–H and O–H groups in total. The predicted octanol–water partition coefficient (Wildman–Crippen LogP) is 2.30. The van der Waals surface area contributed by atoms with Crippen LogP contribution in [-0.2, 0) is 24.5 Å². The summed E-state index contributed by atoms with van der Waals surface area (Å²) < 4.78 is 27.9. The number of benzene rings is 1. The van der Waals surface area contributed by atoms with E-state index in [0.29, 0.717) is 31.1 Å². The van der Waals surface area contributed by atoms with E-state index in [0.717, 1.165) is 5.56 Å². The quantitative estimate of drug-likeness (QED) is 0.690. The van der Waals surface area contributed by atoms with Crippen molar-refractivity contribution >= 4 is 12.2 Å². The number of ether oxygens (including phenoxy) is 2. The number of hydrogen-bond donors (Lipinski definition) is 0. The molecule has 23 heavy (non-hydrogen) atoms. The summed E-state index contributed by atoms with van der Waals surface area (Å²) in [6.07, 6.45) is 1.70. The summed E-state index contributed by atoms with van der Waals surface area (Å²) in [6.45, 7) is 2.35. The normalized spacial score (nSPS) is 11.2. The van der Waals surface area contributed by atoms with Gasteiger partial charge in [0.15, 0.2) is 16.3 Å². The Bertz CT molecular complexity index is 701. The fraction of sp³-hybridized carbons (Fsp3) is 0.467. The highest BCUT2D eigenvalue weighted by molar-refractivity contribution is 7.71. The van der Waals surface area contributed by atoms with Crippen LogP contribution in [-0.4, -0.2) is 47.1 Å². The SMILES string of the molecule is COCCn1cnn(CN(C)Cc2ccc(OC)c(F)c2)c1=S. The molecule has 6 nitrogen and oxygen atoms in total.